The Labute approximate surface area is 122 Å². The van der Waals surface area contributed by atoms with E-state index in [1.807, 2.05) is 12.1 Å². The van der Waals surface area contributed by atoms with Crippen LogP contribution in [0.5, 0.6) is 0 Å². The Morgan fingerprint density at radius 3 is 2.58 bits per heavy atom. The van der Waals surface area contributed by atoms with Crippen molar-refractivity contribution in [3.63, 3.8) is 0 Å². The van der Waals surface area contributed by atoms with Crippen LogP contribution in [0.4, 0.5) is 0 Å². The predicted molar refractivity (Wildman–Crippen MR) is 76.6 cm³/mol. The number of hydrogen-bond donors (Lipinski definition) is 2. The lowest BCUT2D eigenvalue weighted by atomic mass is 10.1. The molecule has 4 nitrogen and oxygen atoms in total. The molecule has 0 fully saturated rings. The zero-order valence-electron chi connectivity index (χ0n) is 9.72. The van der Waals surface area contributed by atoms with Gasteiger partial charge in [-0.2, -0.15) is 0 Å². The summed E-state index contributed by atoms with van der Waals surface area (Å²) in [6, 6.07) is 9.80. The van der Waals surface area contributed by atoms with E-state index >= 15 is 0 Å². The third kappa shape index (κ3) is 3.65. The van der Waals surface area contributed by atoms with E-state index < -0.39 is 5.97 Å². The molecule has 1 amide bonds. The van der Waals surface area contributed by atoms with E-state index in [0.717, 1.165) is 8.66 Å². The molecule has 1 heterocycles. The van der Waals surface area contributed by atoms with Crippen LogP contribution in [0.2, 0.25) is 0 Å². The predicted octanol–water partition coefficient (Wildman–Crippen LogP) is 3.14. The van der Waals surface area contributed by atoms with Gasteiger partial charge in [-0.15, -0.1) is 11.3 Å². The number of carbonyl (C=O) groups is 2. The van der Waals surface area contributed by atoms with Gasteiger partial charge in [0, 0.05) is 10.4 Å². The summed E-state index contributed by atoms with van der Waals surface area (Å²) in [5.41, 5.74) is 0.446. The summed E-state index contributed by atoms with van der Waals surface area (Å²) < 4.78 is 1.00. The minimum atomic E-state index is -1.04. The molecule has 1 aromatic carbocycles. The smallest absolute Gasteiger partial charge is 0.335 e. The van der Waals surface area contributed by atoms with E-state index in [9.17, 15) is 9.59 Å². The minimum Gasteiger partial charge on any atom is -0.478 e. The first-order valence-electron chi connectivity index (χ1n) is 5.42. The van der Waals surface area contributed by atoms with Crippen LogP contribution in [-0.2, 0) is 6.54 Å². The maximum atomic E-state index is 11.9. The highest BCUT2D eigenvalue weighted by atomic mass is 79.9. The molecule has 0 aliphatic heterocycles. The Morgan fingerprint density at radius 2 is 1.95 bits per heavy atom. The van der Waals surface area contributed by atoms with Gasteiger partial charge in [-0.1, -0.05) is 6.07 Å². The Hall–Kier alpha value is -1.66. The van der Waals surface area contributed by atoms with Crippen molar-refractivity contribution in [1.82, 2.24) is 5.32 Å². The van der Waals surface area contributed by atoms with Gasteiger partial charge in [0.05, 0.1) is 15.9 Å². The zero-order chi connectivity index (χ0) is 13.8. The van der Waals surface area contributed by atoms with Crippen LogP contribution < -0.4 is 5.32 Å². The molecule has 19 heavy (non-hydrogen) atoms. The molecule has 1 aromatic heterocycles. The molecule has 0 radical (unpaired) electrons. The Bertz CT molecular complexity index is 624. The summed E-state index contributed by atoms with van der Waals surface area (Å²) in [4.78, 5) is 23.7. The van der Waals surface area contributed by atoms with Gasteiger partial charge in [0.2, 0.25) is 0 Å². The summed E-state index contributed by atoms with van der Waals surface area (Å²) >= 11 is 4.89. The molecule has 98 valence electrons. The van der Waals surface area contributed by atoms with Crippen molar-refractivity contribution in [2.45, 2.75) is 6.54 Å². The molecular weight excluding hydrogens is 330 g/mol. The van der Waals surface area contributed by atoms with Crippen LogP contribution in [0, 0.1) is 0 Å². The van der Waals surface area contributed by atoms with Crippen molar-refractivity contribution in [2.24, 2.45) is 0 Å². The number of carboxylic acid groups (broad SMARTS) is 1. The van der Waals surface area contributed by atoms with Crippen molar-refractivity contribution < 1.29 is 14.7 Å². The average molecular weight is 340 g/mol. The van der Waals surface area contributed by atoms with Crippen LogP contribution in [0.25, 0.3) is 0 Å². The van der Waals surface area contributed by atoms with Gasteiger partial charge in [0.25, 0.3) is 5.91 Å². The Kier molecular flexibility index (Phi) is 4.34. The summed E-state index contributed by atoms with van der Waals surface area (Å²) in [6.07, 6.45) is 0. The van der Waals surface area contributed by atoms with Gasteiger partial charge in [-0.25, -0.2) is 4.79 Å². The standard InChI is InChI=1S/C13H10BrNO3S/c14-11-5-4-10(19-11)7-15-12(16)8-2-1-3-9(6-8)13(17)18/h1-6H,7H2,(H,15,16)(H,17,18). The number of aromatic carboxylic acids is 1. The van der Waals surface area contributed by atoms with Gasteiger partial charge < -0.3 is 10.4 Å². The quantitative estimate of drug-likeness (QED) is 0.899. The number of rotatable bonds is 4. The first-order valence-corrected chi connectivity index (χ1v) is 7.03. The fourth-order valence-corrected chi connectivity index (χ4v) is 2.93. The molecule has 2 rings (SSSR count). The zero-order valence-corrected chi connectivity index (χ0v) is 12.1. The summed E-state index contributed by atoms with van der Waals surface area (Å²) in [6.45, 7) is 0.423. The molecular formula is C13H10BrNO3S. The highest BCUT2D eigenvalue weighted by molar-refractivity contribution is 9.11. The third-order valence-corrected chi connectivity index (χ3v) is 4.05. The van der Waals surface area contributed by atoms with Crippen molar-refractivity contribution >= 4 is 39.1 Å². The number of thiophene rings is 1. The van der Waals surface area contributed by atoms with E-state index in [1.54, 1.807) is 23.5 Å². The fourth-order valence-electron chi connectivity index (χ4n) is 1.51. The SMILES string of the molecule is O=C(O)c1cccc(C(=O)NCc2ccc(Br)s2)c1. The van der Waals surface area contributed by atoms with Crippen molar-refractivity contribution in [3.8, 4) is 0 Å². The Morgan fingerprint density at radius 1 is 1.21 bits per heavy atom. The number of nitrogens with one attached hydrogen (secondary N) is 1. The van der Waals surface area contributed by atoms with Crippen LogP contribution in [0.1, 0.15) is 25.6 Å². The largest absolute Gasteiger partial charge is 0.478 e. The molecule has 0 saturated heterocycles. The molecule has 6 heteroatoms. The molecule has 0 unspecified atom stereocenters. The van der Waals surface area contributed by atoms with E-state index in [0.29, 0.717) is 12.1 Å². The van der Waals surface area contributed by atoms with Crippen LogP contribution in [0.15, 0.2) is 40.2 Å². The van der Waals surface area contributed by atoms with E-state index in [-0.39, 0.29) is 11.5 Å². The molecule has 0 aliphatic carbocycles. The summed E-state index contributed by atoms with van der Waals surface area (Å²) in [5.74, 6) is -1.33. The van der Waals surface area contributed by atoms with Gasteiger partial charge >= 0.3 is 5.97 Å². The third-order valence-electron chi connectivity index (χ3n) is 2.42. The number of carbonyl (C=O) groups excluding carboxylic acids is 1. The number of amides is 1. The van der Waals surface area contributed by atoms with Gasteiger partial charge in [-0.3, -0.25) is 4.79 Å². The monoisotopic (exact) mass is 339 g/mol. The molecule has 2 aromatic rings. The second-order valence-electron chi connectivity index (χ2n) is 3.77. The van der Waals surface area contributed by atoms with E-state index in [2.05, 4.69) is 21.2 Å². The van der Waals surface area contributed by atoms with Gasteiger partial charge in [-0.05, 0) is 46.3 Å². The van der Waals surface area contributed by atoms with Crippen LogP contribution in [-0.4, -0.2) is 17.0 Å². The normalized spacial score (nSPS) is 10.2. The molecule has 2 N–H and O–H groups in total. The molecule has 0 aliphatic rings. The van der Waals surface area contributed by atoms with E-state index in [4.69, 9.17) is 5.11 Å². The summed E-state index contributed by atoms with van der Waals surface area (Å²) in [7, 11) is 0. The lowest BCUT2D eigenvalue weighted by Gasteiger charge is -2.04. The number of halogens is 1. The molecule has 0 saturated carbocycles. The molecule has 0 bridgehead atoms. The number of carboxylic acids is 1. The van der Waals surface area contributed by atoms with Crippen molar-refractivity contribution in [3.05, 3.63) is 56.2 Å². The lowest BCUT2D eigenvalue weighted by Crippen LogP contribution is -2.22. The lowest BCUT2D eigenvalue weighted by molar-refractivity contribution is 0.0697. The maximum absolute atomic E-state index is 11.9. The van der Waals surface area contributed by atoms with E-state index in [1.165, 1.54) is 12.1 Å². The van der Waals surface area contributed by atoms with Gasteiger partial charge in [0.1, 0.15) is 0 Å². The van der Waals surface area contributed by atoms with Crippen LogP contribution >= 0.6 is 27.3 Å². The first-order chi connectivity index (χ1) is 9.06. The second-order valence-corrected chi connectivity index (χ2v) is 6.32. The highest BCUT2D eigenvalue weighted by Gasteiger charge is 2.09. The highest BCUT2D eigenvalue weighted by Crippen LogP contribution is 2.21. The summed E-state index contributed by atoms with van der Waals surface area (Å²) in [5, 5.41) is 11.6. The fraction of sp³-hybridized carbons (Fsp3) is 0.0769. The second kappa shape index (κ2) is 5.99. The molecule has 0 spiro atoms. The van der Waals surface area contributed by atoms with Crippen molar-refractivity contribution in [2.75, 3.05) is 0 Å². The molecule has 0 atom stereocenters. The Balaban J connectivity index is 2.03. The maximum Gasteiger partial charge on any atom is 0.335 e. The topological polar surface area (TPSA) is 66.4 Å². The van der Waals surface area contributed by atoms with Crippen molar-refractivity contribution in [1.29, 1.82) is 0 Å². The van der Waals surface area contributed by atoms with Gasteiger partial charge in [0.15, 0.2) is 0 Å². The minimum absolute atomic E-state index is 0.103. The van der Waals surface area contributed by atoms with Crippen LogP contribution in [0.3, 0.4) is 0 Å². The average Bonchev–Trinajstić information content (AvgIpc) is 2.82. The number of hydrogen-bond acceptors (Lipinski definition) is 3. The first kappa shape index (κ1) is 13.8. The number of benzene rings is 1.